The summed E-state index contributed by atoms with van der Waals surface area (Å²) in [5.41, 5.74) is 3.11. The van der Waals surface area contributed by atoms with Gasteiger partial charge in [-0.25, -0.2) is 15.3 Å². The standard InChI is InChI=1S/C17H26N4O3/c1-10(2)14(13-9-11(3)19-23-13)16(22)21-8-6-7-12(21)15-18-17(4,5)24-20-15/h9-10,12,14H,6-8H2,1-5H3,(H,18,20). The van der Waals surface area contributed by atoms with Crippen molar-refractivity contribution in [1.82, 2.24) is 15.5 Å². The fraction of sp³-hybridized carbons (Fsp3) is 0.706. The lowest BCUT2D eigenvalue weighted by Crippen LogP contribution is -2.46. The molecule has 1 saturated heterocycles. The van der Waals surface area contributed by atoms with E-state index >= 15 is 0 Å². The molecule has 0 aliphatic carbocycles. The van der Waals surface area contributed by atoms with Gasteiger partial charge in [0.2, 0.25) is 5.91 Å². The number of likely N-dealkylation sites (tertiary alicyclic amines) is 1. The number of carbonyl (C=O) groups excluding carboxylic acids is 1. The third kappa shape index (κ3) is 3.17. The van der Waals surface area contributed by atoms with Gasteiger partial charge in [0.05, 0.1) is 11.7 Å². The highest BCUT2D eigenvalue weighted by molar-refractivity contribution is 5.94. The molecule has 7 nitrogen and oxygen atoms in total. The number of carbonyl (C=O) groups is 1. The van der Waals surface area contributed by atoms with Crippen molar-refractivity contribution in [3.63, 3.8) is 0 Å². The SMILES string of the molecule is Cc1cc(C(C(=O)N2CCCC2C2=NC(C)(C)ON2)C(C)C)on1. The van der Waals surface area contributed by atoms with Crippen molar-refractivity contribution >= 4 is 11.7 Å². The van der Waals surface area contributed by atoms with Crippen molar-refractivity contribution in [1.29, 1.82) is 0 Å². The molecule has 2 aliphatic heterocycles. The average molecular weight is 334 g/mol. The lowest BCUT2D eigenvalue weighted by Gasteiger charge is -2.29. The summed E-state index contributed by atoms with van der Waals surface area (Å²) in [7, 11) is 0. The van der Waals surface area contributed by atoms with Gasteiger partial charge in [0, 0.05) is 12.6 Å². The van der Waals surface area contributed by atoms with Gasteiger partial charge in [0.15, 0.2) is 5.72 Å². The van der Waals surface area contributed by atoms with E-state index in [2.05, 4.69) is 15.6 Å². The number of aliphatic imine (C=N–C) groups is 1. The molecular weight excluding hydrogens is 308 g/mol. The van der Waals surface area contributed by atoms with Crippen LogP contribution >= 0.6 is 0 Å². The summed E-state index contributed by atoms with van der Waals surface area (Å²) in [4.78, 5) is 25.2. The molecule has 1 aromatic heterocycles. The van der Waals surface area contributed by atoms with Gasteiger partial charge in [-0.2, -0.15) is 0 Å². The normalized spacial score (nSPS) is 24.2. The van der Waals surface area contributed by atoms with Crippen LogP contribution in [0.2, 0.25) is 0 Å². The summed E-state index contributed by atoms with van der Waals surface area (Å²) in [6.45, 7) is 10.4. The first kappa shape index (κ1) is 17.0. The van der Waals surface area contributed by atoms with E-state index in [4.69, 9.17) is 9.36 Å². The molecular formula is C17H26N4O3. The Morgan fingerprint density at radius 2 is 2.21 bits per heavy atom. The smallest absolute Gasteiger partial charge is 0.234 e. The van der Waals surface area contributed by atoms with E-state index in [1.54, 1.807) is 0 Å². The number of nitrogens with zero attached hydrogens (tertiary/aromatic N) is 3. The quantitative estimate of drug-likeness (QED) is 0.914. The zero-order chi connectivity index (χ0) is 17.5. The van der Waals surface area contributed by atoms with Crippen LogP contribution in [0, 0.1) is 12.8 Å². The topological polar surface area (TPSA) is 80.0 Å². The van der Waals surface area contributed by atoms with E-state index < -0.39 is 5.72 Å². The van der Waals surface area contributed by atoms with Gasteiger partial charge in [-0.1, -0.05) is 19.0 Å². The Bertz CT molecular complexity index is 650. The first-order valence-electron chi connectivity index (χ1n) is 8.56. The molecule has 2 unspecified atom stereocenters. The number of hydrogen-bond donors (Lipinski definition) is 1. The summed E-state index contributed by atoms with van der Waals surface area (Å²) in [6.07, 6.45) is 1.84. The molecule has 0 aromatic carbocycles. The van der Waals surface area contributed by atoms with E-state index in [-0.39, 0.29) is 23.8 Å². The molecule has 1 N–H and O–H groups in total. The Morgan fingerprint density at radius 1 is 1.46 bits per heavy atom. The average Bonchev–Trinajstić information content (AvgIpc) is 3.18. The molecule has 1 fully saturated rings. The Kier molecular flexibility index (Phi) is 4.38. The predicted molar refractivity (Wildman–Crippen MR) is 89.3 cm³/mol. The highest BCUT2D eigenvalue weighted by Crippen LogP contribution is 2.32. The maximum Gasteiger partial charge on any atom is 0.234 e. The van der Waals surface area contributed by atoms with Gasteiger partial charge in [-0.3, -0.25) is 4.79 Å². The Balaban J connectivity index is 1.84. The molecule has 132 valence electrons. The number of hydroxylamine groups is 1. The third-order valence-electron chi connectivity index (χ3n) is 4.53. The predicted octanol–water partition coefficient (Wildman–Crippen LogP) is 2.38. The minimum Gasteiger partial charge on any atom is -0.360 e. The van der Waals surface area contributed by atoms with E-state index in [9.17, 15) is 4.79 Å². The van der Waals surface area contributed by atoms with Crippen LogP contribution < -0.4 is 5.48 Å². The number of amides is 1. The van der Waals surface area contributed by atoms with Crippen LogP contribution in [0.5, 0.6) is 0 Å². The summed E-state index contributed by atoms with van der Waals surface area (Å²) in [6, 6.07) is 1.79. The first-order valence-corrected chi connectivity index (χ1v) is 8.56. The second-order valence-corrected chi connectivity index (χ2v) is 7.43. The molecule has 0 spiro atoms. The van der Waals surface area contributed by atoms with Gasteiger partial charge in [0.1, 0.15) is 17.5 Å². The van der Waals surface area contributed by atoms with Crippen LogP contribution in [0.15, 0.2) is 15.6 Å². The molecule has 0 bridgehead atoms. The van der Waals surface area contributed by atoms with E-state index in [1.807, 2.05) is 45.6 Å². The zero-order valence-electron chi connectivity index (χ0n) is 15.0. The van der Waals surface area contributed by atoms with Crippen molar-refractivity contribution in [3.05, 3.63) is 17.5 Å². The Hall–Kier alpha value is -1.89. The van der Waals surface area contributed by atoms with Crippen LogP contribution in [0.4, 0.5) is 0 Å². The highest BCUT2D eigenvalue weighted by Gasteiger charge is 2.41. The number of amidine groups is 1. The second-order valence-electron chi connectivity index (χ2n) is 7.43. The number of aryl methyl sites for hydroxylation is 1. The Labute approximate surface area is 142 Å². The molecule has 1 amide bonds. The van der Waals surface area contributed by atoms with Gasteiger partial charge in [-0.15, -0.1) is 0 Å². The molecule has 1 aromatic rings. The Morgan fingerprint density at radius 3 is 2.75 bits per heavy atom. The largest absolute Gasteiger partial charge is 0.360 e. The second kappa shape index (κ2) is 6.20. The third-order valence-corrected chi connectivity index (χ3v) is 4.53. The van der Waals surface area contributed by atoms with Crippen molar-refractivity contribution in [3.8, 4) is 0 Å². The zero-order valence-corrected chi connectivity index (χ0v) is 15.0. The molecule has 2 atom stereocenters. The highest BCUT2D eigenvalue weighted by atomic mass is 16.7. The van der Waals surface area contributed by atoms with Gasteiger partial charge in [0.25, 0.3) is 0 Å². The molecule has 0 radical (unpaired) electrons. The molecule has 0 saturated carbocycles. The van der Waals surface area contributed by atoms with Crippen LogP contribution in [0.25, 0.3) is 0 Å². The van der Waals surface area contributed by atoms with Crippen molar-refractivity contribution in [2.75, 3.05) is 6.54 Å². The minimum atomic E-state index is -0.591. The summed E-state index contributed by atoms with van der Waals surface area (Å²) >= 11 is 0. The maximum absolute atomic E-state index is 13.2. The van der Waals surface area contributed by atoms with E-state index in [0.717, 1.165) is 30.9 Å². The van der Waals surface area contributed by atoms with Crippen LogP contribution in [0.1, 0.15) is 57.9 Å². The van der Waals surface area contributed by atoms with E-state index in [1.165, 1.54) is 0 Å². The van der Waals surface area contributed by atoms with Crippen molar-refractivity contribution in [2.45, 2.75) is 65.1 Å². The molecule has 7 heteroatoms. The van der Waals surface area contributed by atoms with E-state index in [0.29, 0.717) is 5.76 Å². The van der Waals surface area contributed by atoms with Crippen LogP contribution in [0.3, 0.4) is 0 Å². The summed E-state index contributed by atoms with van der Waals surface area (Å²) in [5, 5.41) is 3.94. The molecule has 3 heterocycles. The monoisotopic (exact) mass is 334 g/mol. The van der Waals surface area contributed by atoms with Gasteiger partial charge < -0.3 is 9.42 Å². The number of nitrogens with one attached hydrogen (secondary N) is 1. The fourth-order valence-corrected chi connectivity index (χ4v) is 3.41. The number of rotatable bonds is 4. The number of aromatic nitrogens is 1. The lowest BCUT2D eigenvalue weighted by molar-refractivity contribution is -0.134. The maximum atomic E-state index is 13.2. The van der Waals surface area contributed by atoms with Gasteiger partial charge >= 0.3 is 0 Å². The van der Waals surface area contributed by atoms with Crippen molar-refractivity contribution < 1.29 is 14.2 Å². The summed E-state index contributed by atoms with van der Waals surface area (Å²) < 4.78 is 5.39. The summed E-state index contributed by atoms with van der Waals surface area (Å²) in [5.74, 6) is 1.23. The molecule has 24 heavy (non-hydrogen) atoms. The van der Waals surface area contributed by atoms with Crippen LogP contribution in [-0.4, -0.2) is 40.1 Å². The fourth-order valence-electron chi connectivity index (χ4n) is 3.41. The van der Waals surface area contributed by atoms with Gasteiger partial charge in [-0.05, 0) is 39.5 Å². The number of hydrogen-bond acceptors (Lipinski definition) is 6. The molecule has 2 aliphatic rings. The minimum absolute atomic E-state index is 0.0652. The lowest BCUT2D eigenvalue weighted by atomic mass is 9.91. The molecule has 3 rings (SSSR count). The first-order chi connectivity index (χ1) is 11.3. The van der Waals surface area contributed by atoms with Crippen molar-refractivity contribution in [2.24, 2.45) is 10.9 Å². The van der Waals surface area contributed by atoms with Crippen LogP contribution in [-0.2, 0) is 9.63 Å².